The summed E-state index contributed by atoms with van der Waals surface area (Å²) in [6, 6.07) is 1.71. The van der Waals surface area contributed by atoms with Gasteiger partial charge in [0.15, 0.2) is 0 Å². The van der Waals surface area contributed by atoms with E-state index in [1.165, 1.54) is 4.57 Å². The van der Waals surface area contributed by atoms with E-state index in [4.69, 9.17) is 0 Å². The number of pyridine rings is 1. The molecule has 0 aromatic carbocycles. The zero-order valence-electron chi connectivity index (χ0n) is 13.9. The minimum Gasteiger partial charge on any atom is -0.321 e. The van der Waals surface area contributed by atoms with E-state index in [2.05, 4.69) is 15.7 Å². The first-order valence-corrected chi connectivity index (χ1v) is 7.63. The van der Waals surface area contributed by atoms with E-state index in [9.17, 15) is 9.59 Å². The smallest absolute Gasteiger partial charge is 0.274 e. The monoisotopic (exact) mass is 351 g/mol. The Labute approximate surface area is 146 Å². The van der Waals surface area contributed by atoms with Gasteiger partial charge in [-0.1, -0.05) is 0 Å². The number of carbonyl (C=O) groups excluding carboxylic acids is 1. The Kier molecular flexibility index (Phi) is 5.46. The summed E-state index contributed by atoms with van der Waals surface area (Å²) in [7, 11) is 3.54. The number of rotatable bonds is 3. The van der Waals surface area contributed by atoms with Crippen LogP contribution in [0.4, 0.5) is 5.69 Å². The first kappa shape index (κ1) is 18.2. The summed E-state index contributed by atoms with van der Waals surface area (Å²) >= 11 is 0. The number of aromatic nitrogens is 3. The predicted molar refractivity (Wildman–Crippen MR) is 94.6 cm³/mol. The zero-order valence-corrected chi connectivity index (χ0v) is 14.8. The molecule has 0 aliphatic carbocycles. The van der Waals surface area contributed by atoms with Gasteiger partial charge in [-0.25, -0.2) is 0 Å². The van der Waals surface area contributed by atoms with Crippen LogP contribution in [0.25, 0.3) is 0 Å². The molecular formula is C16H22ClN5O2. The van der Waals surface area contributed by atoms with Gasteiger partial charge in [0.05, 0.1) is 12.1 Å². The normalized spacial score (nSPS) is 19.8. The van der Waals surface area contributed by atoms with Gasteiger partial charge in [0, 0.05) is 45.5 Å². The molecule has 24 heavy (non-hydrogen) atoms. The van der Waals surface area contributed by atoms with Crippen molar-refractivity contribution in [3.8, 4) is 0 Å². The summed E-state index contributed by atoms with van der Waals surface area (Å²) in [5, 5.41) is 10.2. The molecule has 3 rings (SSSR count). The molecule has 8 heteroatoms. The van der Waals surface area contributed by atoms with Crippen molar-refractivity contribution in [2.75, 3.05) is 18.4 Å². The molecule has 1 amide bonds. The third-order valence-electron chi connectivity index (χ3n) is 4.28. The lowest BCUT2D eigenvalue weighted by molar-refractivity contribution is -0.119. The van der Waals surface area contributed by atoms with Crippen LogP contribution in [-0.2, 0) is 18.9 Å². The second kappa shape index (κ2) is 7.19. The number of carbonyl (C=O) groups is 1. The van der Waals surface area contributed by atoms with Crippen LogP contribution in [-0.4, -0.2) is 33.3 Å². The van der Waals surface area contributed by atoms with Crippen molar-refractivity contribution >= 4 is 24.0 Å². The van der Waals surface area contributed by atoms with Gasteiger partial charge in [-0.2, -0.15) is 5.10 Å². The van der Waals surface area contributed by atoms with Crippen LogP contribution in [0.2, 0.25) is 0 Å². The van der Waals surface area contributed by atoms with E-state index < -0.39 is 0 Å². The van der Waals surface area contributed by atoms with Crippen molar-refractivity contribution < 1.29 is 4.79 Å². The third-order valence-corrected chi connectivity index (χ3v) is 4.28. The molecule has 1 aliphatic heterocycles. The van der Waals surface area contributed by atoms with Gasteiger partial charge in [-0.15, -0.1) is 12.4 Å². The quantitative estimate of drug-likeness (QED) is 0.856. The van der Waals surface area contributed by atoms with Crippen LogP contribution in [0.3, 0.4) is 0 Å². The highest BCUT2D eigenvalue weighted by Crippen LogP contribution is 2.28. The number of amides is 1. The lowest BCUT2D eigenvalue weighted by Crippen LogP contribution is -2.31. The largest absolute Gasteiger partial charge is 0.321 e. The number of nitrogens with one attached hydrogen (secondary N) is 2. The molecule has 1 saturated heterocycles. The van der Waals surface area contributed by atoms with Gasteiger partial charge in [0.2, 0.25) is 5.91 Å². The summed E-state index contributed by atoms with van der Waals surface area (Å²) < 4.78 is 3.22. The maximum Gasteiger partial charge on any atom is 0.274 e. The second-order valence-corrected chi connectivity index (χ2v) is 6.16. The van der Waals surface area contributed by atoms with E-state index in [0.717, 1.165) is 17.7 Å². The van der Waals surface area contributed by atoms with Crippen molar-refractivity contribution in [2.24, 2.45) is 20.0 Å². The third kappa shape index (κ3) is 3.52. The molecule has 0 saturated carbocycles. The first-order valence-electron chi connectivity index (χ1n) is 7.63. The van der Waals surface area contributed by atoms with E-state index in [1.807, 2.05) is 20.2 Å². The van der Waals surface area contributed by atoms with E-state index in [1.54, 1.807) is 30.2 Å². The fourth-order valence-electron chi connectivity index (χ4n) is 3.13. The molecular weight excluding hydrogens is 330 g/mol. The number of aryl methyl sites for hydroxylation is 3. The van der Waals surface area contributed by atoms with Crippen molar-refractivity contribution in [3.63, 3.8) is 0 Å². The standard InChI is InChI=1S/C16H21N5O2.ClH/c1-10-4-14(16(23)20(2)8-10)19-15(22)13-7-17-6-12(13)11-5-18-21(3)9-11;/h4-5,8-9,12-13,17H,6-7H2,1-3H3,(H,19,22);1H/t12-,13+;/m1./s1. The van der Waals surface area contributed by atoms with Crippen LogP contribution in [0, 0.1) is 12.8 Å². The Morgan fingerprint density at radius 1 is 1.33 bits per heavy atom. The fraction of sp³-hybridized carbons (Fsp3) is 0.438. The minimum absolute atomic E-state index is 0. The second-order valence-electron chi connectivity index (χ2n) is 6.16. The molecule has 7 nitrogen and oxygen atoms in total. The van der Waals surface area contributed by atoms with Gasteiger partial charge < -0.3 is 15.2 Å². The summed E-state index contributed by atoms with van der Waals surface area (Å²) in [6.45, 7) is 3.22. The SMILES string of the molecule is Cc1cc(NC(=O)[C@H]2CNC[C@@H]2c2cnn(C)c2)c(=O)n(C)c1.Cl. The number of anilines is 1. The molecule has 130 valence electrons. The van der Waals surface area contributed by atoms with Crippen LogP contribution in [0.5, 0.6) is 0 Å². The van der Waals surface area contributed by atoms with Gasteiger partial charge in [-0.05, 0) is 24.1 Å². The van der Waals surface area contributed by atoms with Crippen molar-refractivity contribution in [2.45, 2.75) is 12.8 Å². The van der Waals surface area contributed by atoms with E-state index in [0.29, 0.717) is 12.2 Å². The first-order chi connectivity index (χ1) is 11.0. The van der Waals surface area contributed by atoms with Crippen LogP contribution < -0.4 is 16.2 Å². The molecule has 1 aliphatic rings. The van der Waals surface area contributed by atoms with Gasteiger partial charge in [0.25, 0.3) is 5.56 Å². The predicted octanol–water partition coefficient (Wildman–Crippen LogP) is 0.791. The topological polar surface area (TPSA) is 81.0 Å². The molecule has 0 bridgehead atoms. The van der Waals surface area contributed by atoms with E-state index in [-0.39, 0.29) is 35.7 Å². The number of halogens is 1. The molecule has 0 unspecified atom stereocenters. The van der Waals surface area contributed by atoms with Crippen molar-refractivity contribution in [3.05, 3.63) is 46.1 Å². The summed E-state index contributed by atoms with van der Waals surface area (Å²) in [6.07, 6.45) is 5.47. The van der Waals surface area contributed by atoms with Crippen LogP contribution in [0.1, 0.15) is 17.0 Å². The average molecular weight is 352 g/mol. The number of nitrogens with zero attached hydrogens (tertiary/aromatic N) is 3. The summed E-state index contributed by atoms with van der Waals surface area (Å²) in [5.41, 5.74) is 2.09. The Balaban J connectivity index is 0.00000208. The van der Waals surface area contributed by atoms with E-state index >= 15 is 0 Å². The Morgan fingerprint density at radius 2 is 2.08 bits per heavy atom. The molecule has 2 aromatic heterocycles. The van der Waals surface area contributed by atoms with Crippen LogP contribution >= 0.6 is 12.4 Å². The molecule has 2 atom stereocenters. The molecule has 1 fully saturated rings. The van der Waals surface area contributed by atoms with Gasteiger partial charge in [0.1, 0.15) is 5.69 Å². The Bertz CT molecular complexity index is 798. The van der Waals surface area contributed by atoms with Crippen LogP contribution in [0.15, 0.2) is 29.5 Å². The van der Waals surface area contributed by atoms with Crippen molar-refractivity contribution in [1.29, 1.82) is 0 Å². The highest BCUT2D eigenvalue weighted by molar-refractivity contribution is 5.93. The Morgan fingerprint density at radius 3 is 2.75 bits per heavy atom. The lowest BCUT2D eigenvalue weighted by Gasteiger charge is -2.17. The molecule has 3 heterocycles. The summed E-state index contributed by atoms with van der Waals surface area (Å²) in [5.74, 6) is -0.284. The zero-order chi connectivity index (χ0) is 16.6. The maximum atomic E-state index is 12.7. The fourth-order valence-corrected chi connectivity index (χ4v) is 3.13. The Hall–Kier alpha value is -2.12. The van der Waals surface area contributed by atoms with Gasteiger partial charge in [-0.3, -0.25) is 14.3 Å². The summed E-state index contributed by atoms with van der Waals surface area (Å²) in [4.78, 5) is 24.8. The lowest BCUT2D eigenvalue weighted by atomic mass is 9.90. The minimum atomic E-state index is -0.218. The maximum absolute atomic E-state index is 12.7. The number of hydrogen-bond acceptors (Lipinski definition) is 4. The average Bonchev–Trinajstić information content (AvgIpc) is 3.12. The molecule has 0 spiro atoms. The molecule has 0 radical (unpaired) electrons. The highest BCUT2D eigenvalue weighted by Gasteiger charge is 2.35. The van der Waals surface area contributed by atoms with Gasteiger partial charge >= 0.3 is 0 Å². The molecule has 2 aromatic rings. The number of hydrogen-bond donors (Lipinski definition) is 2. The molecule has 2 N–H and O–H groups in total. The highest BCUT2D eigenvalue weighted by atomic mass is 35.5. The van der Waals surface area contributed by atoms with Crippen molar-refractivity contribution in [1.82, 2.24) is 19.7 Å².